The largest absolute Gasteiger partial charge is 0.377 e. The van der Waals surface area contributed by atoms with E-state index in [4.69, 9.17) is 9.47 Å². The number of nitrogens with zero attached hydrogens (tertiary/aromatic N) is 2. The van der Waals surface area contributed by atoms with Gasteiger partial charge in [0.05, 0.1) is 44.2 Å². The molecule has 3 heterocycles. The normalized spacial score (nSPS) is 20.1. The van der Waals surface area contributed by atoms with Gasteiger partial charge >= 0.3 is 0 Å². The quantitative estimate of drug-likeness (QED) is 0.867. The molecule has 0 saturated carbocycles. The molecule has 6 nitrogen and oxygen atoms in total. The standard InChI is InChI=1S/C14H22N4O2/c1-14(2,3)11-4-12(15-9-5-19-6-9)18-13(17-11)16-10-7-20-8-10/h4,9-10H,5-8H2,1-3H3,(H2,15,16,17,18). The van der Waals surface area contributed by atoms with Gasteiger partial charge < -0.3 is 20.1 Å². The minimum atomic E-state index is -0.0119. The third-order valence-electron chi connectivity index (χ3n) is 3.46. The van der Waals surface area contributed by atoms with E-state index in [1.54, 1.807) is 0 Å². The molecule has 20 heavy (non-hydrogen) atoms. The maximum absolute atomic E-state index is 5.19. The van der Waals surface area contributed by atoms with Gasteiger partial charge in [0.15, 0.2) is 0 Å². The van der Waals surface area contributed by atoms with Crippen LogP contribution in [-0.4, -0.2) is 48.5 Å². The van der Waals surface area contributed by atoms with Crippen LogP contribution in [0.1, 0.15) is 26.5 Å². The van der Waals surface area contributed by atoms with Gasteiger partial charge in [-0.05, 0) is 0 Å². The lowest BCUT2D eigenvalue weighted by molar-refractivity contribution is 0.0204. The first-order valence-corrected chi connectivity index (χ1v) is 7.09. The second-order valence-corrected chi connectivity index (χ2v) is 6.47. The van der Waals surface area contributed by atoms with Crippen LogP contribution in [0.4, 0.5) is 11.8 Å². The Kier molecular flexibility index (Phi) is 3.52. The van der Waals surface area contributed by atoms with Crippen LogP contribution >= 0.6 is 0 Å². The number of aromatic nitrogens is 2. The van der Waals surface area contributed by atoms with E-state index in [2.05, 4.69) is 41.4 Å². The van der Waals surface area contributed by atoms with Gasteiger partial charge in [0.25, 0.3) is 0 Å². The molecule has 2 fully saturated rings. The molecular formula is C14H22N4O2. The number of hydrogen-bond acceptors (Lipinski definition) is 6. The maximum Gasteiger partial charge on any atom is 0.225 e. The zero-order chi connectivity index (χ0) is 14.2. The summed E-state index contributed by atoms with van der Waals surface area (Å²) in [6, 6.07) is 2.71. The van der Waals surface area contributed by atoms with Crippen LogP contribution in [0.3, 0.4) is 0 Å². The summed E-state index contributed by atoms with van der Waals surface area (Å²) in [5, 5.41) is 6.72. The van der Waals surface area contributed by atoms with E-state index in [0.717, 1.165) is 37.9 Å². The van der Waals surface area contributed by atoms with Gasteiger partial charge in [-0.2, -0.15) is 4.98 Å². The lowest BCUT2D eigenvalue weighted by Crippen LogP contribution is -2.42. The SMILES string of the molecule is CC(C)(C)c1cc(NC2COC2)nc(NC2COC2)n1. The molecule has 0 amide bonds. The molecule has 0 aromatic carbocycles. The van der Waals surface area contributed by atoms with Crippen molar-refractivity contribution >= 4 is 11.8 Å². The Morgan fingerprint density at radius 1 is 1.00 bits per heavy atom. The molecular weight excluding hydrogens is 256 g/mol. The molecule has 3 rings (SSSR count). The Balaban J connectivity index is 1.81. The Morgan fingerprint density at radius 3 is 2.10 bits per heavy atom. The van der Waals surface area contributed by atoms with Crippen molar-refractivity contribution in [1.29, 1.82) is 0 Å². The summed E-state index contributed by atoms with van der Waals surface area (Å²) in [6.07, 6.45) is 0. The number of anilines is 2. The monoisotopic (exact) mass is 278 g/mol. The van der Waals surface area contributed by atoms with Gasteiger partial charge in [0.1, 0.15) is 5.82 Å². The van der Waals surface area contributed by atoms with Crippen LogP contribution in [0.25, 0.3) is 0 Å². The molecule has 0 spiro atoms. The van der Waals surface area contributed by atoms with Crippen molar-refractivity contribution in [3.63, 3.8) is 0 Å². The lowest BCUT2D eigenvalue weighted by Gasteiger charge is -2.30. The van der Waals surface area contributed by atoms with Gasteiger partial charge in [-0.15, -0.1) is 0 Å². The van der Waals surface area contributed by atoms with Gasteiger partial charge in [-0.3, -0.25) is 0 Å². The van der Waals surface area contributed by atoms with Crippen LogP contribution < -0.4 is 10.6 Å². The Morgan fingerprint density at radius 2 is 1.60 bits per heavy atom. The fraction of sp³-hybridized carbons (Fsp3) is 0.714. The molecule has 0 aliphatic carbocycles. The number of nitrogens with one attached hydrogen (secondary N) is 2. The molecule has 110 valence electrons. The van der Waals surface area contributed by atoms with Crippen molar-refractivity contribution in [1.82, 2.24) is 9.97 Å². The second-order valence-electron chi connectivity index (χ2n) is 6.47. The van der Waals surface area contributed by atoms with Gasteiger partial charge in [0.2, 0.25) is 5.95 Å². The Bertz CT molecular complexity index is 444. The lowest BCUT2D eigenvalue weighted by atomic mass is 9.92. The summed E-state index contributed by atoms with van der Waals surface area (Å²) in [5.74, 6) is 1.54. The highest BCUT2D eigenvalue weighted by Gasteiger charge is 2.24. The number of hydrogen-bond donors (Lipinski definition) is 2. The smallest absolute Gasteiger partial charge is 0.225 e. The molecule has 2 N–H and O–H groups in total. The van der Waals surface area contributed by atoms with E-state index in [1.165, 1.54) is 0 Å². The summed E-state index contributed by atoms with van der Waals surface area (Å²) < 4.78 is 10.4. The molecule has 1 aromatic heterocycles. The molecule has 6 heteroatoms. The molecule has 2 aliphatic heterocycles. The first-order valence-electron chi connectivity index (χ1n) is 7.09. The molecule has 2 aliphatic rings. The van der Waals surface area contributed by atoms with E-state index >= 15 is 0 Å². The molecule has 0 atom stereocenters. The third kappa shape index (κ3) is 3.02. The van der Waals surface area contributed by atoms with Crippen LogP contribution in [-0.2, 0) is 14.9 Å². The fourth-order valence-electron chi connectivity index (χ4n) is 2.00. The zero-order valence-electron chi connectivity index (χ0n) is 12.3. The number of ether oxygens (including phenoxy) is 2. The Labute approximate surface area is 119 Å². The van der Waals surface area contributed by atoms with E-state index in [-0.39, 0.29) is 5.41 Å². The first-order chi connectivity index (χ1) is 9.50. The van der Waals surface area contributed by atoms with Crippen LogP contribution in [0.2, 0.25) is 0 Å². The number of rotatable bonds is 4. The third-order valence-corrected chi connectivity index (χ3v) is 3.46. The average Bonchev–Trinajstić information content (AvgIpc) is 2.27. The summed E-state index contributed by atoms with van der Waals surface area (Å²) in [6.45, 7) is 9.40. The summed E-state index contributed by atoms with van der Waals surface area (Å²) >= 11 is 0. The molecule has 2 saturated heterocycles. The zero-order valence-corrected chi connectivity index (χ0v) is 12.3. The minimum Gasteiger partial charge on any atom is -0.377 e. The van der Waals surface area contributed by atoms with Gasteiger partial charge in [-0.25, -0.2) is 4.98 Å². The predicted molar refractivity (Wildman–Crippen MR) is 77.2 cm³/mol. The highest BCUT2D eigenvalue weighted by Crippen LogP contribution is 2.25. The molecule has 0 radical (unpaired) electrons. The van der Waals surface area contributed by atoms with E-state index in [9.17, 15) is 0 Å². The maximum atomic E-state index is 5.19. The highest BCUT2D eigenvalue weighted by atomic mass is 16.5. The van der Waals surface area contributed by atoms with Crippen molar-refractivity contribution < 1.29 is 9.47 Å². The summed E-state index contributed by atoms with van der Waals surface area (Å²) in [5.41, 5.74) is 1.01. The average molecular weight is 278 g/mol. The minimum absolute atomic E-state index is 0.0119. The molecule has 0 unspecified atom stereocenters. The van der Waals surface area contributed by atoms with E-state index in [1.807, 2.05) is 6.07 Å². The van der Waals surface area contributed by atoms with Crippen molar-refractivity contribution in [2.45, 2.75) is 38.3 Å². The predicted octanol–water partition coefficient (Wildman–Crippen LogP) is 1.40. The highest BCUT2D eigenvalue weighted by molar-refractivity contribution is 5.45. The van der Waals surface area contributed by atoms with Crippen LogP contribution in [0.5, 0.6) is 0 Å². The second kappa shape index (κ2) is 5.18. The molecule has 1 aromatic rings. The van der Waals surface area contributed by atoms with Crippen molar-refractivity contribution in [3.8, 4) is 0 Å². The van der Waals surface area contributed by atoms with Gasteiger partial charge in [0, 0.05) is 11.5 Å². The first kappa shape index (κ1) is 13.6. The Hall–Kier alpha value is -1.40. The van der Waals surface area contributed by atoms with Gasteiger partial charge in [-0.1, -0.05) is 20.8 Å². The van der Waals surface area contributed by atoms with Crippen LogP contribution in [0.15, 0.2) is 6.07 Å². The van der Waals surface area contributed by atoms with E-state index < -0.39 is 0 Å². The van der Waals surface area contributed by atoms with Crippen molar-refractivity contribution in [2.75, 3.05) is 37.1 Å². The van der Waals surface area contributed by atoms with Crippen molar-refractivity contribution in [2.24, 2.45) is 0 Å². The topological polar surface area (TPSA) is 68.3 Å². The van der Waals surface area contributed by atoms with E-state index in [0.29, 0.717) is 18.0 Å². The molecule has 0 bridgehead atoms. The van der Waals surface area contributed by atoms with Crippen LogP contribution in [0, 0.1) is 0 Å². The fourth-order valence-corrected chi connectivity index (χ4v) is 2.00. The summed E-state index contributed by atoms with van der Waals surface area (Å²) in [4.78, 5) is 9.17. The van der Waals surface area contributed by atoms with Crippen molar-refractivity contribution in [3.05, 3.63) is 11.8 Å². The summed E-state index contributed by atoms with van der Waals surface area (Å²) in [7, 11) is 0.